The number of aryl methyl sites for hydroxylation is 1. The zero-order valence-corrected chi connectivity index (χ0v) is 9.83. The van der Waals surface area contributed by atoms with Gasteiger partial charge in [0.1, 0.15) is 5.75 Å². The number of nitrogens with zero attached hydrogens (tertiary/aromatic N) is 1. The van der Waals surface area contributed by atoms with Crippen molar-refractivity contribution in [3.05, 3.63) is 30.0 Å². The van der Waals surface area contributed by atoms with Gasteiger partial charge in [-0.05, 0) is 31.7 Å². The lowest BCUT2D eigenvalue weighted by Crippen LogP contribution is -2.14. The van der Waals surface area contributed by atoms with Crippen LogP contribution in [0.5, 0.6) is 5.75 Å². The molecule has 3 nitrogen and oxygen atoms in total. The molecule has 1 heterocycles. The molecule has 3 heteroatoms. The van der Waals surface area contributed by atoms with Crippen LogP contribution in [0.25, 0.3) is 10.9 Å². The predicted molar refractivity (Wildman–Crippen MR) is 66.7 cm³/mol. The van der Waals surface area contributed by atoms with E-state index >= 15 is 0 Å². The van der Waals surface area contributed by atoms with E-state index in [1.54, 1.807) is 6.07 Å². The minimum absolute atomic E-state index is 0.363. The molecule has 0 saturated carbocycles. The van der Waals surface area contributed by atoms with Gasteiger partial charge in [0.25, 0.3) is 0 Å². The van der Waals surface area contributed by atoms with E-state index in [0.29, 0.717) is 5.75 Å². The normalized spacial score (nSPS) is 11.1. The fourth-order valence-corrected chi connectivity index (χ4v) is 2.10. The Bertz CT molecular complexity index is 488. The molecule has 0 radical (unpaired) electrons. The van der Waals surface area contributed by atoms with Gasteiger partial charge in [-0.1, -0.05) is 13.0 Å². The zero-order chi connectivity index (χ0) is 11.5. The van der Waals surface area contributed by atoms with Crippen LogP contribution in [-0.2, 0) is 13.1 Å². The number of hydrogen-bond donors (Lipinski definition) is 2. The van der Waals surface area contributed by atoms with Gasteiger partial charge in [0.15, 0.2) is 0 Å². The van der Waals surface area contributed by atoms with Crippen molar-refractivity contribution in [3.8, 4) is 5.75 Å². The molecule has 0 unspecified atom stereocenters. The summed E-state index contributed by atoms with van der Waals surface area (Å²) >= 11 is 0. The predicted octanol–water partition coefficient (Wildman–Crippen LogP) is 2.48. The molecule has 0 bridgehead atoms. The Labute approximate surface area is 95.7 Å². The summed E-state index contributed by atoms with van der Waals surface area (Å²) in [5.41, 5.74) is 2.33. The lowest BCUT2D eigenvalue weighted by molar-refractivity contribution is 0.481. The van der Waals surface area contributed by atoms with E-state index in [4.69, 9.17) is 0 Å². The molecule has 16 heavy (non-hydrogen) atoms. The summed E-state index contributed by atoms with van der Waals surface area (Å²) < 4.78 is 2.23. The number of aromatic hydroxyl groups is 1. The smallest absolute Gasteiger partial charge is 0.124 e. The van der Waals surface area contributed by atoms with Crippen LogP contribution in [0.4, 0.5) is 0 Å². The van der Waals surface area contributed by atoms with E-state index in [9.17, 15) is 5.11 Å². The molecule has 0 atom stereocenters. The molecule has 0 aliphatic carbocycles. The van der Waals surface area contributed by atoms with E-state index in [1.807, 2.05) is 12.1 Å². The summed E-state index contributed by atoms with van der Waals surface area (Å²) in [6, 6.07) is 7.74. The first-order chi connectivity index (χ1) is 7.77. The van der Waals surface area contributed by atoms with E-state index in [-0.39, 0.29) is 0 Å². The Balaban J connectivity index is 2.52. The Morgan fingerprint density at radius 1 is 1.31 bits per heavy atom. The van der Waals surface area contributed by atoms with Gasteiger partial charge >= 0.3 is 0 Å². The van der Waals surface area contributed by atoms with Crippen molar-refractivity contribution in [3.63, 3.8) is 0 Å². The van der Waals surface area contributed by atoms with Gasteiger partial charge in [-0.2, -0.15) is 0 Å². The zero-order valence-electron chi connectivity index (χ0n) is 9.83. The lowest BCUT2D eigenvalue weighted by atomic mass is 10.2. The monoisotopic (exact) mass is 218 g/mol. The van der Waals surface area contributed by atoms with Crippen molar-refractivity contribution >= 4 is 10.9 Å². The van der Waals surface area contributed by atoms with Crippen molar-refractivity contribution < 1.29 is 5.11 Å². The van der Waals surface area contributed by atoms with E-state index in [2.05, 4.69) is 29.8 Å². The van der Waals surface area contributed by atoms with Crippen molar-refractivity contribution in [2.75, 3.05) is 6.54 Å². The van der Waals surface area contributed by atoms with E-state index < -0.39 is 0 Å². The second-order valence-electron chi connectivity index (χ2n) is 3.87. The number of nitrogens with one attached hydrogen (secondary N) is 1. The summed E-state index contributed by atoms with van der Waals surface area (Å²) in [5, 5.41) is 14.1. The largest absolute Gasteiger partial charge is 0.507 e. The number of benzene rings is 1. The van der Waals surface area contributed by atoms with E-state index in [1.165, 1.54) is 5.69 Å². The van der Waals surface area contributed by atoms with Crippen LogP contribution in [0.1, 0.15) is 19.5 Å². The molecule has 86 valence electrons. The molecule has 2 rings (SSSR count). The molecule has 1 aromatic heterocycles. The molecule has 0 aliphatic rings. The number of rotatable bonds is 4. The van der Waals surface area contributed by atoms with E-state index in [0.717, 1.165) is 30.5 Å². The van der Waals surface area contributed by atoms with Crippen LogP contribution < -0.4 is 5.32 Å². The Kier molecular flexibility index (Phi) is 3.15. The summed E-state index contributed by atoms with van der Waals surface area (Å²) in [4.78, 5) is 0. The number of aromatic nitrogens is 1. The van der Waals surface area contributed by atoms with Crippen LogP contribution in [-0.4, -0.2) is 16.2 Å². The number of phenolic OH excluding ortho intramolecular Hbond substituents is 1. The highest BCUT2D eigenvalue weighted by atomic mass is 16.3. The number of phenols is 1. The molecule has 0 aliphatic heterocycles. The molecule has 0 amide bonds. The van der Waals surface area contributed by atoms with Crippen molar-refractivity contribution in [1.29, 1.82) is 0 Å². The molecule has 0 spiro atoms. The summed E-state index contributed by atoms with van der Waals surface area (Å²) in [6.45, 7) is 6.94. The summed E-state index contributed by atoms with van der Waals surface area (Å²) in [5.74, 6) is 0.363. The highest BCUT2D eigenvalue weighted by Crippen LogP contribution is 2.27. The average molecular weight is 218 g/mol. The topological polar surface area (TPSA) is 37.2 Å². The standard InChI is InChI=1S/C13H18N2O/c1-3-14-9-10-8-11-12(15(10)4-2)6-5-7-13(11)16/h5-8,14,16H,3-4,9H2,1-2H3. The first-order valence-corrected chi connectivity index (χ1v) is 5.78. The third-order valence-electron chi connectivity index (χ3n) is 2.88. The molecular weight excluding hydrogens is 200 g/mol. The lowest BCUT2D eigenvalue weighted by Gasteiger charge is -2.07. The fourth-order valence-electron chi connectivity index (χ4n) is 2.10. The third kappa shape index (κ3) is 1.78. The van der Waals surface area contributed by atoms with Crippen LogP contribution in [0, 0.1) is 0 Å². The van der Waals surface area contributed by atoms with Gasteiger partial charge in [0, 0.05) is 24.2 Å². The molecular formula is C13H18N2O. The number of fused-ring (bicyclic) bond motifs is 1. The minimum Gasteiger partial charge on any atom is -0.507 e. The third-order valence-corrected chi connectivity index (χ3v) is 2.88. The summed E-state index contributed by atoms with van der Waals surface area (Å²) in [6.07, 6.45) is 0. The van der Waals surface area contributed by atoms with Crippen LogP contribution in [0.2, 0.25) is 0 Å². The SMILES string of the molecule is CCNCc1cc2c(O)cccc2n1CC. The second kappa shape index (κ2) is 4.58. The molecule has 2 aromatic rings. The quantitative estimate of drug-likeness (QED) is 0.827. The Morgan fingerprint density at radius 2 is 2.12 bits per heavy atom. The van der Waals surface area contributed by atoms with Gasteiger partial charge in [-0.25, -0.2) is 0 Å². The van der Waals surface area contributed by atoms with Crippen molar-refractivity contribution in [1.82, 2.24) is 9.88 Å². The first kappa shape index (κ1) is 11.0. The van der Waals surface area contributed by atoms with Crippen LogP contribution in [0.15, 0.2) is 24.3 Å². The number of hydrogen-bond acceptors (Lipinski definition) is 2. The van der Waals surface area contributed by atoms with Gasteiger partial charge in [0.2, 0.25) is 0 Å². The molecule has 0 fully saturated rings. The summed E-state index contributed by atoms with van der Waals surface area (Å²) in [7, 11) is 0. The first-order valence-electron chi connectivity index (χ1n) is 5.78. The minimum atomic E-state index is 0.363. The Hall–Kier alpha value is -1.48. The van der Waals surface area contributed by atoms with Crippen LogP contribution >= 0.6 is 0 Å². The van der Waals surface area contributed by atoms with Crippen molar-refractivity contribution in [2.45, 2.75) is 26.9 Å². The van der Waals surface area contributed by atoms with Crippen LogP contribution in [0.3, 0.4) is 0 Å². The molecule has 2 N–H and O–H groups in total. The Morgan fingerprint density at radius 3 is 2.81 bits per heavy atom. The fraction of sp³-hybridized carbons (Fsp3) is 0.385. The second-order valence-corrected chi connectivity index (χ2v) is 3.87. The van der Waals surface area contributed by atoms with Crippen molar-refractivity contribution in [2.24, 2.45) is 0 Å². The van der Waals surface area contributed by atoms with Gasteiger partial charge in [-0.3, -0.25) is 0 Å². The average Bonchev–Trinajstić information content (AvgIpc) is 2.65. The van der Waals surface area contributed by atoms with Gasteiger partial charge in [0.05, 0.1) is 5.52 Å². The highest BCUT2D eigenvalue weighted by molar-refractivity contribution is 5.87. The maximum atomic E-state index is 9.80. The molecule has 1 aromatic carbocycles. The molecule has 0 saturated heterocycles. The maximum Gasteiger partial charge on any atom is 0.124 e. The maximum absolute atomic E-state index is 9.80. The van der Waals surface area contributed by atoms with Gasteiger partial charge < -0.3 is 15.0 Å². The van der Waals surface area contributed by atoms with Gasteiger partial charge in [-0.15, -0.1) is 0 Å². The highest BCUT2D eigenvalue weighted by Gasteiger charge is 2.09.